The standard InChI is InChI=1S/C19H15F2N3O4S/c1-2-28-17-6-4-12(8-16(17)24(26)27)18(25)23-19-22-10-14(29-19)7-11-3-5-13(20)9-15(11)21/h3-6,8-10H,2,7H2,1H3,(H,22,23,25). The van der Waals surface area contributed by atoms with E-state index in [0.29, 0.717) is 10.4 Å². The summed E-state index contributed by atoms with van der Waals surface area (Å²) in [6.07, 6.45) is 1.66. The number of nitro benzene ring substituents is 1. The Hall–Kier alpha value is -3.40. The fourth-order valence-electron chi connectivity index (χ4n) is 2.55. The molecule has 0 aliphatic heterocycles. The predicted octanol–water partition coefficient (Wildman–Crippen LogP) is 4.57. The highest BCUT2D eigenvalue weighted by molar-refractivity contribution is 7.15. The number of nitro groups is 1. The van der Waals surface area contributed by atoms with Crippen LogP contribution < -0.4 is 10.1 Å². The minimum Gasteiger partial charge on any atom is -0.487 e. The minimum absolute atomic E-state index is 0.0708. The van der Waals surface area contributed by atoms with Crippen LogP contribution in [0.5, 0.6) is 5.75 Å². The van der Waals surface area contributed by atoms with E-state index < -0.39 is 22.5 Å². The molecular weight excluding hydrogens is 404 g/mol. The van der Waals surface area contributed by atoms with Gasteiger partial charge in [0.15, 0.2) is 10.9 Å². The number of halogens is 2. The molecule has 0 aliphatic carbocycles. The Morgan fingerprint density at radius 3 is 2.76 bits per heavy atom. The number of amides is 1. The van der Waals surface area contributed by atoms with Gasteiger partial charge in [-0.25, -0.2) is 13.8 Å². The SMILES string of the molecule is CCOc1ccc(C(=O)Nc2ncc(Cc3ccc(F)cc3F)s2)cc1[N+](=O)[O-]. The Kier molecular flexibility index (Phi) is 6.13. The molecule has 0 atom stereocenters. The fraction of sp³-hybridized carbons (Fsp3) is 0.158. The highest BCUT2D eigenvalue weighted by Crippen LogP contribution is 2.29. The molecule has 1 N–H and O–H groups in total. The Morgan fingerprint density at radius 1 is 1.28 bits per heavy atom. The average molecular weight is 419 g/mol. The van der Waals surface area contributed by atoms with Crippen LogP contribution in [0.4, 0.5) is 19.6 Å². The molecule has 0 radical (unpaired) electrons. The number of hydrogen-bond donors (Lipinski definition) is 1. The Labute approximate surface area is 168 Å². The number of hydrogen-bond acceptors (Lipinski definition) is 6. The van der Waals surface area contributed by atoms with Crippen LogP contribution >= 0.6 is 11.3 Å². The molecule has 3 rings (SSSR count). The molecule has 29 heavy (non-hydrogen) atoms. The Morgan fingerprint density at radius 2 is 2.07 bits per heavy atom. The van der Waals surface area contributed by atoms with Crippen LogP contribution in [0.1, 0.15) is 27.7 Å². The predicted molar refractivity (Wildman–Crippen MR) is 103 cm³/mol. The molecule has 7 nitrogen and oxygen atoms in total. The zero-order chi connectivity index (χ0) is 21.0. The van der Waals surface area contributed by atoms with E-state index in [4.69, 9.17) is 4.74 Å². The second-order valence-electron chi connectivity index (χ2n) is 5.87. The second kappa shape index (κ2) is 8.74. The fourth-order valence-corrected chi connectivity index (χ4v) is 3.38. The maximum absolute atomic E-state index is 13.8. The van der Waals surface area contributed by atoms with Crippen molar-refractivity contribution in [1.82, 2.24) is 4.98 Å². The van der Waals surface area contributed by atoms with Gasteiger partial charge in [0.05, 0.1) is 11.5 Å². The quantitative estimate of drug-likeness (QED) is 0.447. The monoisotopic (exact) mass is 419 g/mol. The summed E-state index contributed by atoms with van der Waals surface area (Å²) in [7, 11) is 0. The summed E-state index contributed by atoms with van der Waals surface area (Å²) < 4.78 is 32.0. The largest absolute Gasteiger partial charge is 0.487 e. The number of anilines is 1. The summed E-state index contributed by atoms with van der Waals surface area (Å²) in [4.78, 5) is 27.7. The van der Waals surface area contributed by atoms with Gasteiger partial charge in [0.25, 0.3) is 5.91 Å². The van der Waals surface area contributed by atoms with Crippen LogP contribution in [0, 0.1) is 21.7 Å². The maximum Gasteiger partial charge on any atom is 0.311 e. The van der Waals surface area contributed by atoms with Crippen LogP contribution in [-0.4, -0.2) is 22.4 Å². The van der Waals surface area contributed by atoms with Crippen molar-refractivity contribution in [2.24, 2.45) is 0 Å². The first-order valence-corrected chi connectivity index (χ1v) is 9.30. The van der Waals surface area contributed by atoms with Gasteiger partial charge >= 0.3 is 5.69 Å². The third-order valence-corrected chi connectivity index (χ3v) is 4.78. The van der Waals surface area contributed by atoms with Gasteiger partial charge < -0.3 is 4.74 Å². The molecular formula is C19H15F2N3O4S. The highest BCUT2D eigenvalue weighted by Gasteiger charge is 2.19. The van der Waals surface area contributed by atoms with Gasteiger partial charge in [0.2, 0.25) is 0 Å². The lowest BCUT2D eigenvalue weighted by Crippen LogP contribution is -2.12. The summed E-state index contributed by atoms with van der Waals surface area (Å²) in [5, 5.41) is 14.0. The molecule has 0 spiro atoms. The van der Waals surface area contributed by atoms with Crippen LogP contribution in [0.15, 0.2) is 42.6 Å². The van der Waals surface area contributed by atoms with E-state index in [2.05, 4.69) is 10.3 Å². The molecule has 150 valence electrons. The van der Waals surface area contributed by atoms with E-state index >= 15 is 0 Å². The van der Waals surface area contributed by atoms with Crippen molar-refractivity contribution in [2.45, 2.75) is 13.3 Å². The number of carbonyl (C=O) groups is 1. The van der Waals surface area contributed by atoms with E-state index in [0.717, 1.165) is 23.5 Å². The number of carbonyl (C=O) groups excluding carboxylic acids is 1. The molecule has 1 aromatic heterocycles. The lowest BCUT2D eigenvalue weighted by atomic mass is 10.1. The zero-order valence-electron chi connectivity index (χ0n) is 15.1. The second-order valence-corrected chi connectivity index (χ2v) is 6.99. The molecule has 0 saturated carbocycles. The number of benzene rings is 2. The number of aromatic nitrogens is 1. The first-order valence-electron chi connectivity index (χ1n) is 8.48. The molecule has 2 aromatic carbocycles. The third-order valence-electron chi connectivity index (χ3n) is 3.87. The number of rotatable bonds is 7. The van der Waals surface area contributed by atoms with Crippen molar-refractivity contribution in [2.75, 3.05) is 11.9 Å². The first kappa shape index (κ1) is 20.3. The molecule has 0 fully saturated rings. The van der Waals surface area contributed by atoms with Crippen LogP contribution in [0.3, 0.4) is 0 Å². The summed E-state index contributed by atoms with van der Waals surface area (Å²) in [6.45, 7) is 1.95. The third kappa shape index (κ3) is 4.91. The number of nitrogens with one attached hydrogen (secondary N) is 1. The molecule has 0 saturated heterocycles. The number of ether oxygens (including phenoxy) is 1. The van der Waals surface area contributed by atoms with Crippen molar-refractivity contribution < 1.29 is 23.2 Å². The molecule has 0 unspecified atom stereocenters. The van der Waals surface area contributed by atoms with Crippen molar-refractivity contribution in [3.63, 3.8) is 0 Å². The molecule has 1 amide bonds. The summed E-state index contributed by atoms with van der Waals surface area (Å²) >= 11 is 1.12. The lowest BCUT2D eigenvalue weighted by Gasteiger charge is -2.06. The van der Waals surface area contributed by atoms with Gasteiger partial charge in [-0.05, 0) is 30.7 Å². The van der Waals surface area contributed by atoms with Gasteiger partial charge in [-0.1, -0.05) is 6.07 Å². The van der Waals surface area contributed by atoms with Gasteiger partial charge in [0, 0.05) is 35.2 Å². The van der Waals surface area contributed by atoms with Crippen molar-refractivity contribution in [3.05, 3.63) is 80.3 Å². The van der Waals surface area contributed by atoms with E-state index in [-0.39, 0.29) is 35.2 Å². The van der Waals surface area contributed by atoms with E-state index in [9.17, 15) is 23.7 Å². The highest BCUT2D eigenvalue weighted by atomic mass is 32.1. The topological polar surface area (TPSA) is 94.4 Å². The van der Waals surface area contributed by atoms with Gasteiger partial charge in [-0.2, -0.15) is 0 Å². The first-order chi connectivity index (χ1) is 13.9. The molecule has 10 heteroatoms. The van der Waals surface area contributed by atoms with E-state index in [1.807, 2.05) is 0 Å². The number of nitrogens with zero attached hydrogens (tertiary/aromatic N) is 2. The summed E-state index contributed by atoms with van der Waals surface area (Å²) in [6, 6.07) is 7.22. The van der Waals surface area contributed by atoms with Gasteiger partial charge in [-0.15, -0.1) is 11.3 Å². The van der Waals surface area contributed by atoms with E-state index in [1.54, 1.807) is 6.92 Å². The zero-order valence-corrected chi connectivity index (χ0v) is 16.0. The van der Waals surface area contributed by atoms with Crippen LogP contribution in [0.2, 0.25) is 0 Å². The Balaban J connectivity index is 1.73. The number of thiazole rings is 1. The Bertz CT molecular complexity index is 1070. The normalized spacial score (nSPS) is 10.6. The maximum atomic E-state index is 13.8. The van der Waals surface area contributed by atoms with Gasteiger partial charge in [0.1, 0.15) is 11.6 Å². The molecule has 1 heterocycles. The molecule has 0 aliphatic rings. The van der Waals surface area contributed by atoms with Crippen molar-refractivity contribution in [3.8, 4) is 5.75 Å². The van der Waals surface area contributed by atoms with Crippen molar-refractivity contribution >= 4 is 28.1 Å². The minimum atomic E-state index is -0.661. The van der Waals surface area contributed by atoms with Crippen molar-refractivity contribution in [1.29, 1.82) is 0 Å². The molecule has 0 bridgehead atoms. The smallest absolute Gasteiger partial charge is 0.311 e. The van der Waals surface area contributed by atoms with Crippen LogP contribution in [-0.2, 0) is 6.42 Å². The summed E-state index contributed by atoms with van der Waals surface area (Å²) in [5.74, 6) is -1.82. The average Bonchev–Trinajstić information content (AvgIpc) is 3.11. The van der Waals surface area contributed by atoms with E-state index in [1.165, 1.54) is 30.5 Å². The van der Waals surface area contributed by atoms with Gasteiger partial charge in [-0.3, -0.25) is 20.2 Å². The lowest BCUT2D eigenvalue weighted by molar-refractivity contribution is -0.385. The summed E-state index contributed by atoms with van der Waals surface area (Å²) in [5.41, 5.74) is 0.0580. The molecule has 3 aromatic rings. The van der Waals surface area contributed by atoms with Crippen LogP contribution in [0.25, 0.3) is 0 Å².